The van der Waals surface area contributed by atoms with Crippen molar-refractivity contribution >= 4 is 35.1 Å². The first-order chi connectivity index (χ1) is 16.8. The van der Waals surface area contributed by atoms with Gasteiger partial charge in [0.05, 0.1) is 11.7 Å². The van der Waals surface area contributed by atoms with E-state index in [4.69, 9.17) is 4.74 Å². The summed E-state index contributed by atoms with van der Waals surface area (Å²) >= 11 is 1.40. The lowest BCUT2D eigenvalue weighted by atomic mass is 9.88. The van der Waals surface area contributed by atoms with Gasteiger partial charge in [-0.3, -0.25) is 14.4 Å². The number of aryl methyl sites for hydroxylation is 1. The molecule has 0 saturated heterocycles. The minimum absolute atomic E-state index is 0.0860. The lowest BCUT2D eigenvalue weighted by molar-refractivity contribution is -0.141. The first kappa shape index (κ1) is 26.5. The topological polar surface area (TPSA) is 114 Å². The average Bonchev–Trinajstić information content (AvgIpc) is 3.28. The Morgan fingerprint density at radius 2 is 1.97 bits per heavy atom. The highest BCUT2D eigenvalue weighted by molar-refractivity contribution is 7.05. The standard InChI is InChI=1S/C26H33N3O5S/c1-17(2)12-22(28-26(33)34-16-18-8-4-3-5-9-18)23(30)14-19-13-20-15-21(35-29-20)10-6-7-11-27-25(32)24(19)31/h3-5,8-9,15,17,19,22H,6-7,10-14,16H2,1-2H3,(H,27,32)(H,28,33). The van der Waals surface area contributed by atoms with E-state index in [9.17, 15) is 19.2 Å². The highest BCUT2D eigenvalue weighted by Gasteiger charge is 2.32. The Morgan fingerprint density at radius 1 is 1.20 bits per heavy atom. The van der Waals surface area contributed by atoms with Crippen LogP contribution in [0.1, 0.15) is 55.7 Å². The van der Waals surface area contributed by atoms with E-state index in [0.29, 0.717) is 18.7 Å². The molecule has 2 atom stereocenters. The number of nitrogens with one attached hydrogen (secondary N) is 2. The molecular formula is C26H33N3O5S. The van der Waals surface area contributed by atoms with Gasteiger partial charge in [-0.05, 0) is 54.8 Å². The molecule has 0 spiro atoms. The Bertz CT molecular complexity index is 1020. The SMILES string of the molecule is CC(C)CC(NC(=O)OCc1ccccc1)C(=O)CC1Cc2cc(sn2)CCCCNC(=O)C1=O. The first-order valence-corrected chi connectivity index (χ1v) is 12.9. The molecule has 1 aromatic heterocycles. The minimum atomic E-state index is -0.839. The Labute approximate surface area is 210 Å². The summed E-state index contributed by atoms with van der Waals surface area (Å²) in [6.45, 7) is 4.40. The van der Waals surface area contributed by atoms with Crippen LogP contribution < -0.4 is 10.6 Å². The maximum atomic E-state index is 13.3. The van der Waals surface area contributed by atoms with Crippen molar-refractivity contribution < 1.29 is 23.9 Å². The van der Waals surface area contributed by atoms with Crippen molar-refractivity contribution in [3.63, 3.8) is 0 Å². The van der Waals surface area contributed by atoms with E-state index < -0.39 is 29.7 Å². The van der Waals surface area contributed by atoms with Crippen LogP contribution in [-0.4, -0.2) is 40.5 Å². The van der Waals surface area contributed by atoms with E-state index in [1.165, 1.54) is 11.5 Å². The lowest BCUT2D eigenvalue weighted by Gasteiger charge is -2.22. The fourth-order valence-corrected chi connectivity index (χ4v) is 4.80. The molecule has 0 aliphatic carbocycles. The van der Waals surface area contributed by atoms with Gasteiger partial charge < -0.3 is 15.4 Å². The Balaban J connectivity index is 1.69. The normalized spacial score (nSPS) is 17.6. The average molecular weight is 500 g/mol. The summed E-state index contributed by atoms with van der Waals surface area (Å²) in [5.41, 5.74) is 1.54. The van der Waals surface area contributed by atoms with Crippen molar-refractivity contribution in [2.45, 2.75) is 65.0 Å². The molecule has 1 aliphatic rings. The van der Waals surface area contributed by atoms with E-state index >= 15 is 0 Å². The van der Waals surface area contributed by atoms with Gasteiger partial charge in [-0.1, -0.05) is 44.2 Å². The Morgan fingerprint density at radius 3 is 2.71 bits per heavy atom. The van der Waals surface area contributed by atoms with E-state index in [0.717, 1.165) is 29.7 Å². The monoisotopic (exact) mass is 499 g/mol. The van der Waals surface area contributed by atoms with Gasteiger partial charge in [0, 0.05) is 30.2 Å². The molecule has 2 N–H and O–H groups in total. The number of aromatic nitrogens is 1. The molecule has 2 unspecified atom stereocenters. The van der Waals surface area contributed by atoms with E-state index in [-0.39, 0.29) is 31.1 Å². The van der Waals surface area contributed by atoms with Crippen molar-refractivity contribution in [1.29, 1.82) is 0 Å². The molecule has 0 radical (unpaired) electrons. The Kier molecular flexibility index (Phi) is 9.96. The second-order valence-electron chi connectivity index (χ2n) is 9.32. The third-order valence-electron chi connectivity index (χ3n) is 5.84. The van der Waals surface area contributed by atoms with Crippen molar-refractivity contribution in [3.8, 4) is 0 Å². The summed E-state index contributed by atoms with van der Waals surface area (Å²) in [7, 11) is 0. The summed E-state index contributed by atoms with van der Waals surface area (Å²) in [4.78, 5) is 52.2. The number of carbonyl (C=O) groups excluding carboxylic acids is 4. The number of amides is 2. The number of fused-ring (bicyclic) bond motifs is 2. The molecule has 2 bridgehead atoms. The van der Waals surface area contributed by atoms with Crippen LogP contribution in [0.5, 0.6) is 0 Å². The maximum Gasteiger partial charge on any atom is 0.408 e. The quantitative estimate of drug-likeness (QED) is 0.536. The number of carbonyl (C=O) groups is 4. The van der Waals surface area contributed by atoms with Crippen LogP contribution in [0.3, 0.4) is 0 Å². The molecule has 0 fully saturated rings. The molecule has 1 aromatic carbocycles. The number of hydrogen-bond acceptors (Lipinski definition) is 7. The number of benzene rings is 1. The predicted octanol–water partition coefficient (Wildman–Crippen LogP) is 3.62. The molecule has 2 aromatic rings. The molecule has 35 heavy (non-hydrogen) atoms. The molecule has 9 heteroatoms. The number of alkyl carbamates (subject to hydrolysis) is 1. The van der Waals surface area contributed by atoms with E-state index in [1.807, 2.05) is 50.2 Å². The molecule has 2 heterocycles. The number of rotatable bonds is 8. The van der Waals surface area contributed by atoms with Crippen LogP contribution in [0.15, 0.2) is 36.4 Å². The zero-order valence-electron chi connectivity index (χ0n) is 20.2. The highest BCUT2D eigenvalue weighted by atomic mass is 32.1. The molecule has 188 valence electrons. The van der Waals surface area contributed by atoms with Crippen LogP contribution in [0.2, 0.25) is 0 Å². The van der Waals surface area contributed by atoms with Crippen molar-refractivity contribution in [1.82, 2.24) is 15.0 Å². The summed E-state index contributed by atoms with van der Waals surface area (Å²) in [5.74, 6) is -2.31. The van der Waals surface area contributed by atoms with Crippen LogP contribution >= 0.6 is 11.5 Å². The van der Waals surface area contributed by atoms with Gasteiger partial charge in [0.15, 0.2) is 5.78 Å². The molecule has 0 saturated carbocycles. The number of ketones is 2. The van der Waals surface area contributed by atoms with Gasteiger partial charge in [0.1, 0.15) is 6.61 Å². The Hall–Kier alpha value is -3.07. The number of ether oxygens (including phenoxy) is 1. The van der Waals surface area contributed by atoms with Crippen LogP contribution in [0, 0.1) is 11.8 Å². The zero-order chi connectivity index (χ0) is 25.2. The number of nitrogens with zero attached hydrogens (tertiary/aromatic N) is 1. The van der Waals surface area contributed by atoms with Gasteiger partial charge in [0.2, 0.25) is 5.78 Å². The van der Waals surface area contributed by atoms with Gasteiger partial charge in [-0.2, -0.15) is 4.37 Å². The van der Waals surface area contributed by atoms with Crippen LogP contribution in [0.25, 0.3) is 0 Å². The maximum absolute atomic E-state index is 13.3. The third-order valence-corrected chi connectivity index (χ3v) is 6.72. The highest BCUT2D eigenvalue weighted by Crippen LogP contribution is 2.21. The van der Waals surface area contributed by atoms with Gasteiger partial charge in [0.25, 0.3) is 5.91 Å². The second-order valence-corrected chi connectivity index (χ2v) is 10.2. The first-order valence-electron chi connectivity index (χ1n) is 12.1. The van der Waals surface area contributed by atoms with Gasteiger partial charge >= 0.3 is 6.09 Å². The summed E-state index contributed by atoms with van der Waals surface area (Å²) in [5, 5.41) is 5.34. The third kappa shape index (κ3) is 8.58. The predicted molar refractivity (Wildman–Crippen MR) is 133 cm³/mol. The fraction of sp³-hybridized carbons (Fsp3) is 0.500. The molecule has 1 aliphatic heterocycles. The fourth-order valence-electron chi connectivity index (χ4n) is 4.01. The lowest BCUT2D eigenvalue weighted by Crippen LogP contribution is -2.44. The second kappa shape index (κ2) is 13.1. The van der Waals surface area contributed by atoms with Crippen LogP contribution in [-0.2, 0) is 38.6 Å². The molecule has 8 nitrogen and oxygen atoms in total. The van der Waals surface area contributed by atoms with Crippen LogP contribution in [0.4, 0.5) is 4.79 Å². The largest absolute Gasteiger partial charge is 0.445 e. The smallest absolute Gasteiger partial charge is 0.408 e. The molecule has 2 amide bonds. The summed E-state index contributed by atoms with van der Waals surface area (Å²) in [6.07, 6.45) is 2.29. The van der Waals surface area contributed by atoms with Crippen molar-refractivity contribution in [2.24, 2.45) is 11.8 Å². The van der Waals surface area contributed by atoms with Gasteiger partial charge in [-0.25, -0.2) is 4.79 Å². The van der Waals surface area contributed by atoms with E-state index in [1.54, 1.807) is 0 Å². The number of hydrogen-bond donors (Lipinski definition) is 2. The van der Waals surface area contributed by atoms with Gasteiger partial charge in [-0.15, -0.1) is 0 Å². The molecular weight excluding hydrogens is 466 g/mol. The van der Waals surface area contributed by atoms with E-state index in [2.05, 4.69) is 15.0 Å². The zero-order valence-corrected chi connectivity index (χ0v) is 21.1. The van der Waals surface area contributed by atoms with Crippen molar-refractivity contribution in [3.05, 3.63) is 52.5 Å². The summed E-state index contributed by atoms with van der Waals surface area (Å²) in [6, 6.07) is 10.4. The number of Topliss-reactive ketones (excluding diaryl/α,β-unsaturated/α-hetero) is 2. The summed E-state index contributed by atoms with van der Waals surface area (Å²) < 4.78 is 9.72. The van der Waals surface area contributed by atoms with Crippen molar-refractivity contribution in [2.75, 3.05) is 6.54 Å². The molecule has 3 rings (SSSR count). The minimum Gasteiger partial charge on any atom is -0.445 e.